The quantitative estimate of drug-likeness (QED) is 0.882. The Bertz CT molecular complexity index is 590. The molecule has 0 spiro atoms. The van der Waals surface area contributed by atoms with Gasteiger partial charge in [-0.2, -0.15) is 0 Å². The molecule has 1 heterocycles. The SMILES string of the molecule is Cc1cc(C(=O)Nc2ccc(OCCN(C)C)cc2)on1. The van der Waals surface area contributed by atoms with E-state index in [4.69, 9.17) is 9.26 Å². The van der Waals surface area contributed by atoms with Crippen molar-refractivity contribution in [1.82, 2.24) is 10.1 Å². The van der Waals surface area contributed by atoms with Crippen molar-refractivity contribution in [3.8, 4) is 5.75 Å². The van der Waals surface area contributed by atoms with E-state index in [0.29, 0.717) is 18.0 Å². The molecule has 6 nitrogen and oxygen atoms in total. The highest BCUT2D eigenvalue weighted by Crippen LogP contribution is 2.16. The highest BCUT2D eigenvalue weighted by molar-refractivity contribution is 6.02. The number of likely N-dealkylation sites (N-methyl/N-ethyl adjacent to an activating group) is 1. The number of carbonyl (C=O) groups excluding carboxylic acids is 1. The first-order chi connectivity index (χ1) is 10.0. The predicted octanol–water partition coefficient (Wildman–Crippen LogP) is 2.18. The zero-order valence-electron chi connectivity index (χ0n) is 12.4. The summed E-state index contributed by atoms with van der Waals surface area (Å²) < 4.78 is 10.5. The van der Waals surface area contributed by atoms with Crippen molar-refractivity contribution in [1.29, 1.82) is 0 Å². The van der Waals surface area contributed by atoms with Crippen molar-refractivity contribution in [2.24, 2.45) is 0 Å². The van der Waals surface area contributed by atoms with Gasteiger partial charge in [0.2, 0.25) is 5.76 Å². The van der Waals surface area contributed by atoms with Crippen LogP contribution in [0.4, 0.5) is 5.69 Å². The average molecular weight is 289 g/mol. The van der Waals surface area contributed by atoms with Crippen LogP contribution in [-0.2, 0) is 0 Å². The Morgan fingerprint density at radius 1 is 1.33 bits per heavy atom. The van der Waals surface area contributed by atoms with Crippen LogP contribution < -0.4 is 10.1 Å². The first-order valence-corrected chi connectivity index (χ1v) is 6.67. The van der Waals surface area contributed by atoms with E-state index in [9.17, 15) is 4.79 Å². The van der Waals surface area contributed by atoms with Crippen molar-refractivity contribution in [2.75, 3.05) is 32.6 Å². The van der Waals surface area contributed by atoms with Crippen molar-refractivity contribution < 1.29 is 14.1 Å². The molecule has 0 aliphatic carbocycles. The third-order valence-corrected chi connectivity index (χ3v) is 2.77. The Kier molecular flexibility index (Phi) is 4.94. The third kappa shape index (κ3) is 4.61. The highest BCUT2D eigenvalue weighted by atomic mass is 16.5. The molecule has 112 valence electrons. The molecule has 2 rings (SSSR count). The number of hydrogen-bond acceptors (Lipinski definition) is 5. The van der Waals surface area contributed by atoms with Gasteiger partial charge < -0.3 is 19.5 Å². The maximum atomic E-state index is 11.9. The lowest BCUT2D eigenvalue weighted by Crippen LogP contribution is -2.19. The monoisotopic (exact) mass is 289 g/mol. The van der Waals surface area contributed by atoms with Crippen LogP contribution in [0.1, 0.15) is 16.2 Å². The summed E-state index contributed by atoms with van der Waals surface area (Å²) in [4.78, 5) is 13.9. The van der Waals surface area contributed by atoms with Crippen LogP contribution in [0.3, 0.4) is 0 Å². The first-order valence-electron chi connectivity index (χ1n) is 6.67. The summed E-state index contributed by atoms with van der Waals surface area (Å²) in [5, 5.41) is 6.42. The molecule has 0 bridgehead atoms. The lowest BCUT2D eigenvalue weighted by molar-refractivity contribution is 0.0988. The second kappa shape index (κ2) is 6.90. The maximum Gasteiger partial charge on any atom is 0.294 e. The molecule has 0 fully saturated rings. The lowest BCUT2D eigenvalue weighted by Gasteiger charge is -2.11. The van der Waals surface area contributed by atoms with E-state index in [-0.39, 0.29) is 11.7 Å². The Morgan fingerprint density at radius 2 is 2.05 bits per heavy atom. The Balaban J connectivity index is 1.88. The molecule has 0 aliphatic heterocycles. The van der Waals surface area contributed by atoms with Crippen molar-refractivity contribution in [3.63, 3.8) is 0 Å². The number of hydrogen-bond donors (Lipinski definition) is 1. The van der Waals surface area contributed by atoms with Gasteiger partial charge in [-0.15, -0.1) is 0 Å². The number of anilines is 1. The summed E-state index contributed by atoms with van der Waals surface area (Å²) in [7, 11) is 3.99. The molecule has 0 aliphatic rings. The zero-order valence-corrected chi connectivity index (χ0v) is 12.4. The van der Waals surface area contributed by atoms with Gasteiger partial charge in [-0.1, -0.05) is 5.16 Å². The molecule has 6 heteroatoms. The smallest absolute Gasteiger partial charge is 0.294 e. The Morgan fingerprint density at radius 3 is 2.62 bits per heavy atom. The summed E-state index contributed by atoms with van der Waals surface area (Å²) in [5.41, 5.74) is 1.35. The number of aromatic nitrogens is 1. The van der Waals surface area contributed by atoms with E-state index in [0.717, 1.165) is 12.3 Å². The average Bonchev–Trinajstić information content (AvgIpc) is 2.87. The van der Waals surface area contributed by atoms with Crippen molar-refractivity contribution >= 4 is 11.6 Å². The minimum absolute atomic E-state index is 0.193. The van der Waals surface area contributed by atoms with E-state index in [1.807, 2.05) is 31.1 Å². The molecule has 0 radical (unpaired) electrons. The van der Waals surface area contributed by atoms with Crippen LogP contribution >= 0.6 is 0 Å². The first kappa shape index (κ1) is 15.1. The molecule has 1 aromatic carbocycles. The molecule has 2 aromatic rings. The number of amides is 1. The molecule has 21 heavy (non-hydrogen) atoms. The summed E-state index contributed by atoms with van der Waals surface area (Å²) in [6.45, 7) is 3.24. The van der Waals surface area contributed by atoms with Gasteiger partial charge in [0.25, 0.3) is 5.91 Å². The van der Waals surface area contributed by atoms with Gasteiger partial charge >= 0.3 is 0 Å². The molecule has 1 N–H and O–H groups in total. The van der Waals surface area contributed by atoms with E-state index in [2.05, 4.69) is 10.5 Å². The normalized spacial score (nSPS) is 10.7. The minimum atomic E-state index is -0.322. The molecular weight excluding hydrogens is 270 g/mol. The number of aryl methyl sites for hydroxylation is 1. The topological polar surface area (TPSA) is 67.6 Å². The van der Waals surface area contributed by atoms with Gasteiger partial charge in [0.05, 0.1) is 5.69 Å². The summed E-state index contributed by atoms with van der Waals surface area (Å²) in [5.74, 6) is 0.640. The van der Waals surface area contributed by atoms with E-state index < -0.39 is 0 Å². The number of carbonyl (C=O) groups is 1. The van der Waals surface area contributed by atoms with E-state index >= 15 is 0 Å². The van der Waals surface area contributed by atoms with Crippen molar-refractivity contribution in [3.05, 3.63) is 41.8 Å². The molecule has 0 atom stereocenters. The van der Waals surface area contributed by atoms with Crippen LogP contribution in [0.2, 0.25) is 0 Å². The third-order valence-electron chi connectivity index (χ3n) is 2.77. The van der Waals surface area contributed by atoms with Gasteiger partial charge in [0.15, 0.2) is 0 Å². The number of rotatable bonds is 6. The summed E-state index contributed by atoms with van der Waals surface area (Å²) in [6, 6.07) is 8.79. The second-order valence-corrected chi connectivity index (χ2v) is 4.96. The van der Waals surface area contributed by atoms with Gasteiger partial charge in [0.1, 0.15) is 12.4 Å². The summed E-state index contributed by atoms with van der Waals surface area (Å²) in [6.07, 6.45) is 0. The fourth-order valence-electron chi connectivity index (χ4n) is 1.64. The fourth-order valence-corrected chi connectivity index (χ4v) is 1.64. The largest absolute Gasteiger partial charge is 0.492 e. The molecule has 0 saturated carbocycles. The summed E-state index contributed by atoms with van der Waals surface area (Å²) >= 11 is 0. The van der Waals surface area contributed by atoms with Crippen LogP contribution in [0, 0.1) is 6.92 Å². The van der Waals surface area contributed by atoms with Gasteiger partial charge in [0, 0.05) is 18.3 Å². The number of nitrogens with zero attached hydrogens (tertiary/aromatic N) is 2. The molecule has 0 saturated heterocycles. The second-order valence-electron chi connectivity index (χ2n) is 4.96. The highest BCUT2D eigenvalue weighted by Gasteiger charge is 2.11. The molecule has 0 unspecified atom stereocenters. The van der Waals surface area contributed by atoms with E-state index in [1.54, 1.807) is 25.1 Å². The van der Waals surface area contributed by atoms with Crippen LogP contribution in [-0.4, -0.2) is 43.2 Å². The molecule has 1 amide bonds. The number of nitrogens with one attached hydrogen (secondary N) is 1. The van der Waals surface area contributed by atoms with Gasteiger partial charge in [-0.05, 0) is 45.3 Å². The number of ether oxygens (including phenoxy) is 1. The molecule has 1 aromatic heterocycles. The van der Waals surface area contributed by atoms with E-state index in [1.165, 1.54) is 0 Å². The standard InChI is InChI=1S/C15H19N3O3/c1-11-10-14(21-17-11)15(19)16-12-4-6-13(7-5-12)20-9-8-18(2)3/h4-7,10H,8-9H2,1-3H3,(H,16,19). The van der Waals surface area contributed by atoms with Gasteiger partial charge in [-0.3, -0.25) is 4.79 Å². The van der Waals surface area contributed by atoms with Crippen LogP contribution in [0.5, 0.6) is 5.75 Å². The minimum Gasteiger partial charge on any atom is -0.492 e. The van der Waals surface area contributed by atoms with Crippen LogP contribution in [0.25, 0.3) is 0 Å². The van der Waals surface area contributed by atoms with Gasteiger partial charge in [-0.25, -0.2) is 0 Å². The fraction of sp³-hybridized carbons (Fsp3) is 0.333. The Labute approximate surface area is 123 Å². The predicted molar refractivity (Wildman–Crippen MR) is 79.7 cm³/mol. The maximum absolute atomic E-state index is 11.9. The number of benzene rings is 1. The lowest BCUT2D eigenvalue weighted by atomic mass is 10.3. The Hall–Kier alpha value is -2.34. The van der Waals surface area contributed by atoms with Crippen molar-refractivity contribution in [2.45, 2.75) is 6.92 Å². The zero-order chi connectivity index (χ0) is 15.2. The molecular formula is C15H19N3O3. The van der Waals surface area contributed by atoms with Crippen LogP contribution in [0.15, 0.2) is 34.9 Å².